The number of amides is 1. The van der Waals surface area contributed by atoms with Crippen LogP contribution in [-0.4, -0.2) is 29.0 Å². The summed E-state index contributed by atoms with van der Waals surface area (Å²) in [5, 5.41) is 4.94. The van der Waals surface area contributed by atoms with Crippen molar-refractivity contribution in [2.45, 2.75) is 39.0 Å². The summed E-state index contributed by atoms with van der Waals surface area (Å²) in [6.45, 7) is 4.12. The molecule has 1 amide bonds. The maximum Gasteiger partial charge on any atom is 0.225 e. The van der Waals surface area contributed by atoms with Crippen LogP contribution in [0, 0.1) is 6.92 Å². The number of hydrogen-bond donors (Lipinski definition) is 1. The molecule has 6 heteroatoms. The summed E-state index contributed by atoms with van der Waals surface area (Å²) in [4.78, 5) is 24.3. The first-order valence-electron chi connectivity index (χ1n) is 8.12. The smallest absolute Gasteiger partial charge is 0.225 e. The molecule has 0 atom stereocenters. The summed E-state index contributed by atoms with van der Waals surface area (Å²) in [5.41, 5.74) is 1.93. The van der Waals surface area contributed by atoms with Gasteiger partial charge < -0.3 is 10.2 Å². The number of carbonyl (C=O) groups is 1. The molecular weight excluding hydrogens is 308 g/mol. The third-order valence-corrected chi connectivity index (χ3v) is 5.19. The number of aromatic nitrogens is 2. The van der Waals surface area contributed by atoms with Gasteiger partial charge in [0.2, 0.25) is 11.9 Å². The van der Waals surface area contributed by atoms with Gasteiger partial charge >= 0.3 is 0 Å². The second kappa shape index (κ2) is 7.55. The molecule has 1 aliphatic heterocycles. The maximum absolute atomic E-state index is 12.0. The fourth-order valence-electron chi connectivity index (χ4n) is 2.75. The molecule has 2 aromatic heterocycles. The molecule has 1 fully saturated rings. The summed E-state index contributed by atoms with van der Waals surface area (Å²) in [5.74, 6) is 0.768. The average molecular weight is 330 g/mol. The van der Waals surface area contributed by atoms with Crippen LogP contribution in [0.1, 0.15) is 36.1 Å². The number of thiophene rings is 1. The minimum Gasteiger partial charge on any atom is -0.341 e. The van der Waals surface area contributed by atoms with Crippen LogP contribution in [0.3, 0.4) is 0 Å². The van der Waals surface area contributed by atoms with Gasteiger partial charge in [-0.3, -0.25) is 4.79 Å². The van der Waals surface area contributed by atoms with Crippen molar-refractivity contribution < 1.29 is 4.79 Å². The Morgan fingerprint density at radius 3 is 2.65 bits per heavy atom. The predicted molar refractivity (Wildman–Crippen MR) is 94.1 cm³/mol. The Bertz CT molecular complexity index is 647. The average Bonchev–Trinajstić information content (AvgIpc) is 3.00. The first-order chi connectivity index (χ1) is 11.2. The van der Waals surface area contributed by atoms with Gasteiger partial charge in [0.25, 0.3) is 0 Å². The molecule has 1 N–H and O–H groups in total. The Morgan fingerprint density at radius 1 is 1.26 bits per heavy atom. The van der Waals surface area contributed by atoms with E-state index in [4.69, 9.17) is 0 Å². The van der Waals surface area contributed by atoms with Gasteiger partial charge in [-0.15, -0.1) is 11.3 Å². The Balaban J connectivity index is 1.51. The van der Waals surface area contributed by atoms with Gasteiger partial charge in [0.15, 0.2) is 0 Å². The topological polar surface area (TPSA) is 58.1 Å². The van der Waals surface area contributed by atoms with Crippen molar-refractivity contribution in [1.29, 1.82) is 0 Å². The lowest BCUT2D eigenvalue weighted by Crippen LogP contribution is -2.30. The van der Waals surface area contributed by atoms with E-state index >= 15 is 0 Å². The Kier molecular flexibility index (Phi) is 5.23. The first kappa shape index (κ1) is 15.9. The predicted octanol–water partition coefficient (Wildman–Crippen LogP) is 3.41. The van der Waals surface area contributed by atoms with Crippen LogP contribution >= 0.6 is 11.3 Å². The van der Waals surface area contributed by atoms with Crippen LogP contribution in [0.15, 0.2) is 23.8 Å². The molecule has 1 aliphatic rings. The van der Waals surface area contributed by atoms with Gasteiger partial charge in [-0.05, 0) is 49.6 Å². The molecule has 0 aliphatic carbocycles. The molecule has 0 saturated carbocycles. The van der Waals surface area contributed by atoms with Gasteiger partial charge in [0.1, 0.15) is 0 Å². The molecule has 0 aromatic carbocycles. The Hall–Kier alpha value is -1.95. The monoisotopic (exact) mass is 330 g/mol. The van der Waals surface area contributed by atoms with Gasteiger partial charge in [0, 0.05) is 24.4 Å². The molecule has 3 heterocycles. The standard InChI is InChI=1S/C17H22N4OS/c1-13-7-10-23-15(13)5-6-16(22)20-14-11-18-17(19-12-14)21-8-3-2-4-9-21/h7,10-12H,2-6,8-9H2,1H3,(H,20,22). The molecule has 122 valence electrons. The molecule has 1 saturated heterocycles. The lowest BCUT2D eigenvalue weighted by atomic mass is 10.1. The fourth-order valence-corrected chi connectivity index (χ4v) is 3.66. The normalized spacial score (nSPS) is 14.7. The van der Waals surface area contributed by atoms with E-state index in [1.54, 1.807) is 23.7 Å². The van der Waals surface area contributed by atoms with E-state index in [9.17, 15) is 4.79 Å². The number of aryl methyl sites for hydroxylation is 2. The lowest BCUT2D eigenvalue weighted by Gasteiger charge is -2.26. The molecule has 0 unspecified atom stereocenters. The van der Waals surface area contributed by atoms with Crippen LogP contribution in [0.4, 0.5) is 11.6 Å². The minimum atomic E-state index is 0.00659. The Labute approximate surface area is 140 Å². The third kappa shape index (κ3) is 4.28. The zero-order valence-corrected chi connectivity index (χ0v) is 14.2. The van der Waals surface area contributed by atoms with Gasteiger partial charge in [-0.25, -0.2) is 9.97 Å². The van der Waals surface area contributed by atoms with Crippen molar-refractivity contribution >= 4 is 28.9 Å². The van der Waals surface area contributed by atoms with Crippen LogP contribution in [0.5, 0.6) is 0 Å². The minimum absolute atomic E-state index is 0.00659. The van der Waals surface area contributed by atoms with E-state index in [0.29, 0.717) is 12.1 Å². The van der Waals surface area contributed by atoms with Crippen LogP contribution in [0.25, 0.3) is 0 Å². The molecule has 3 rings (SSSR count). The van der Waals surface area contributed by atoms with Gasteiger partial charge in [-0.2, -0.15) is 0 Å². The van der Waals surface area contributed by atoms with Crippen LogP contribution < -0.4 is 10.2 Å². The van der Waals surface area contributed by atoms with E-state index in [1.165, 1.54) is 29.7 Å². The zero-order chi connectivity index (χ0) is 16.1. The van der Waals surface area contributed by atoms with Crippen molar-refractivity contribution in [2.75, 3.05) is 23.3 Å². The van der Waals surface area contributed by atoms with E-state index in [1.807, 2.05) is 0 Å². The number of rotatable bonds is 5. The van der Waals surface area contributed by atoms with E-state index in [-0.39, 0.29) is 5.91 Å². The second-order valence-electron chi connectivity index (χ2n) is 5.89. The first-order valence-corrected chi connectivity index (χ1v) is 9.00. The van der Waals surface area contributed by atoms with Crippen LogP contribution in [0.2, 0.25) is 0 Å². The number of hydrogen-bond acceptors (Lipinski definition) is 5. The van der Waals surface area contributed by atoms with Gasteiger partial charge in [0.05, 0.1) is 18.1 Å². The van der Waals surface area contributed by atoms with Gasteiger partial charge in [-0.1, -0.05) is 0 Å². The highest BCUT2D eigenvalue weighted by atomic mass is 32.1. The lowest BCUT2D eigenvalue weighted by molar-refractivity contribution is -0.116. The molecular formula is C17H22N4OS. The molecule has 0 radical (unpaired) electrons. The zero-order valence-electron chi connectivity index (χ0n) is 13.4. The molecule has 23 heavy (non-hydrogen) atoms. The molecule has 5 nitrogen and oxygen atoms in total. The van der Waals surface area contributed by atoms with Crippen LogP contribution in [-0.2, 0) is 11.2 Å². The number of piperidine rings is 1. The second-order valence-corrected chi connectivity index (χ2v) is 6.90. The number of nitrogens with zero attached hydrogens (tertiary/aromatic N) is 3. The summed E-state index contributed by atoms with van der Waals surface area (Å²) in [7, 11) is 0. The molecule has 0 bridgehead atoms. The largest absolute Gasteiger partial charge is 0.341 e. The SMILES string of the molecule is Cc1ccsc1CCC(=O)Nc1cnc(N2CCCCC2)nc1. The van der Waals surface area contributed by atoms with E-state index < -0.39 is 0 Å². The molecule has 0 spiro atoms. The van der Waals surface area contributed by atoms with Crippen molar-refractivity contribution in [1.82, 2.24) is 9.97 Å². The fraction of sp³-hybridized carbons (Fsp3) is 0.471. The summed E-state index contributed by atoms with van der Waals surface area (Å²) in [6.07, 6.45) is 8.34. The Morgan fingerprint density at radius 2 is 2.00 bits per heavy atom. The quantitative estimate of drug-likeness (QED) is 0.913. The van der Waals surface area contributed by atoms with E-state index in [2.05, 4.69) is 38.6 Å². The highest BCUT2D eigenvalue weighted by Gasteiger charge is 2.13. The van der Waals surface area contributed by atoms with E-state index in [0.717, 1.165) is 25.5 Å². The van der Waals surface area contributed by atoms with Crippen molar-refractivity contribution in [2.24, 2.45) is 0 Å². The van der Waals surface area contributed by atoms with Crippen molar-refractivity contribution in [3.8, 4) is 0 Å². The number of carbonyl (C=O) groups excluding carboxylic acids is 1. The third-order valence-electron chi connectivity index (χ3n) is 4.11. The van der Waals surface area contributed by atoms with Crippen molar-refractivity contribution in [3.05, 3.63) is 34.3 Å². The summed E-state index contributed by atoms with van der Waals surface area (Å²) < 4.78 is 0. The summed E-state index contributed by atoms with van der Waals surface area (Å²) >= 11 is 1.71. The highest BCUT2D eigenvalue weighted by Crippen LogP contribution is 2.18. The highest BCUT2D eigenvalue weighted by molar-refractivity contribution is 7.10. The maximum atomic E-state index is 12.0. The summed E-state index contributed by atoms with van der Waals surface area (Å²) in [6, 6.07) is 2.09. The number of nitrogens with one attached hydrogen (secondary N) is 1. The van der Waals surface area contributed by atoms with Crippen molar-refractivity contribution in [3.63, 3.8) is 0 Å². The number of anilines is 2. The molecule has 2 aromatic rings.